The van der Waals surface area contributed by atoms with Crippen LogP contribution in [-0.4, -0.2) is 11.5 Å². The molecule has 0 radical (unpaired) electrons. The summed E-state index contributed by atoms with van der Waals surface area (Å²) in [5.74, 6) is 0.904. The molecule has 0 bridgehead atoms. The number of nitrogens with two attached hydrogens (primary N) is 1. The molecular formula is C17H23N3. The van der Waals surface area contributed by atoms with Gasteiger partial charge in [-0.2, -0.15) is 0 Å². The first-order valence-corrected chi connectivity index (χ1v) is 6.92. The monoisotopic (exact) mass is 269 g/mol. The quantitative estimate of drug-likeness (QED) is 0.890. The average Bonchev–Trinajstić information content (AvgIpc) is 2.38. The Morgan fingerprint density at radius 1 is 1.15 bits per heavy atom. The summed E-state index contributed by atoms with van der Waals surface area (Å²) in [6.07, 6.45) is 1.69. The minimum atomic E-state index is 0.0425. The second-order valence-electron chi connectivity index (χ2n) is 5.99. The lowest BCUT2D eigenvalue weighted by Gasteiger charge is -2.28. The van der Waals surface area contributed by atoms with Crippen LogP contribution in [0.15, 0.2) is 36.5 Å². The van der Waals surface area contributed by atoms with E-state index >= 15 is 0 Å². The average molecular weight is 269 g/mol. The van der Waals surface area contributed by atoms with Gasteiger partial charge in [-0.15, -0.1) is 0 Å². The van der Waals surface area contributed by atoms with Crippen LogP contribution >= 0.6 is 0 Å². The molecule has 0 amide bonds. The van der Waals surface area contributed by atoms with Gasteiger partial charge in [0.2, 0.25) is 0 Å². The molecule has 0 unspecified atom stereocenters. The zero-order chi connectivity index (χ0) is 14.8. The molecule has 3 N–H and O–H groups in total. The summed E-state index contributed by atoms with van der Waals surface area (Å²) in [6, 6.07) is 10.5. The number of rotatable bonds is 4. The van der Waals surface area contributed by atoms with Crippen molar-refractivity contribution in [2.75, 3.05) is 17.6 Å². The Labute approximate surface area is 121 Å². The highest BCUT2D eigenvalue weighted by Gasteiger charge is 2.22. The second kappa shape index (κ2) is 5.53. The van der Waals surface area contributed by atoms with Crippen molar-refractivity contribution in [3.8, 4) is 0 Å². The normalized spacial score (nSPS) is 11.4. The third-order valence-corrected chi connectivity index (χ3v) is 3.67. The summed E-state index contributed by atoms with van der Waals surface area (Å²) in [4.78, 5) is 4.36. The van der Waals surface area contributed by atoms with Crippen molar-refractivity contribution in [3.63, 3.8) is 0 Å². The number of anilines is 2. The van der Waals surface area contributed by atoms with Crippen LogP contribution in [0.2, 0.25) is 0 Å². The van der Waals surface area contributed by atoms with Crippen LogP contribution in [0, 0.1) is 13.8 Å². The lowest BCUT2D eigenvalue weighted by molar-refractivity contribution is 0.552. The fraction of sp³-hybridized carbons (Fsp3) is 0.353. The summed E-state index contributed by atoms with van der Waals surface area (Å²) >= 11 is 0. The van der Waals surface area contributed by atoms with E-state index in [2.05, 4.69) is 55.3 Å². The van der Waals surface area contributed by atoms with Crippen molar-refractivity contribution in [2.45, 2.75) is 33.1 Å². The van der Waals surface area contributed by atoms with Gasteiger partial charge >= 0.3 is 0 Å². The molecule has 20 heavy (non-hydrogen) atoms. The number of hydrogen-bond donors (Lipinski definition) is 2. The van der Waals surface area contributed by atoms with Gasteiger partial charge in [-0.3, -0.25) is 0 Å². The molecule has 0 aliphatic carbocycles. The molecule has 0 aliphatic heterocycles. The minimum Gasteiger partial charge on any atom is -0.397 e. The maximum Gasteiger partial charge on any atom is 0.129 e. The Kier molecular flexibility index (Phi) is 3.98. The highest BCUT2D eigenvalue weighted by molar-refractivity contribution is 5.51. The van der Waals surface area contributed by atoms with Crippen molar-refractivity contribution >= 4 is 11.5 Å². The summed E-state index contributed by atoms with van der Waals surface area (Å²) in [5.41, 5.74) is 10.2. The standard InChI is InChI=1S/C17H23N3/c1-12-7-5-6-8-15(12)17(3,4)11-20-16-13(2)9-14(18)10-19-16/h5-10H,11,18H2,1-4H3,(H,19,20). The number of pyridine rings is 1. The number of aromatic nitrogens is 1. The highest BCUT2D eigenvalue weighted by atomic mass is 15.0. The van der Waals surface area contributed by atoms with E-state index in [9.17, 15) is 0 Å². The first-order valence-electron chi connectivity index (χ1n) is 6.92. The van der Waals surface area contributed by atoms with E-state index in [1.54, 1.807) is 6.20 Å². The minimum absolute atomic E-state index is 0.0425. The number of nitrogens with zero attached hydrogens (tertiary/aromatic N) is 1. The van der Waals surface area contributed by atoms with Gasteiger partial charge in [0.05, 0.1) is 11.9 Å². The largest absolute Gasteiger partial charge is 0.397 e. The first kappa shape index (κ1) is 14.4. The van der Waals surface area contributed by atoms with Crippen molar-refractivity contribution in [1.82, 2.24) is 4.98 Å². The molecule has 1 aromatic carbocycles. The molecule has 3 nitrogen and oxygen atoms in total. The lowest BCUT2D eigenvalue weighted by Crippen LogP contribution is -2.29. The third kappa shape index (κ3) is 3.10. The van der Waals surface area contributed by atoms with Crippen LogP contribution < -0.4 is 11.1 Å². The molecule has 0 spiro atoms. The van der Waals surface area contributed by atoms with Crippen molar-refractivity contribution in [1.29, 1.82) is 0 Å². The van der Waals surface area contributed by atoms with E-state index < -0.39 is 0 Å². The molecule has 1 heterocycles. The Balaban J connectivity index is 2.15. The van der Waals surface area contributed by atoms with E-state index in [1.807, 2.05) is 13.0 Å². The van der Waals surface area contributed by atoms with Crippen LogP contribution in [0.3, 0.4) is 0 Å². The SMILES string of the molecule is Cc1ccccc1C(C)(C)CNc1ncc(N)cc1C. The smallest absolute Gasteiger partial charge is 0.129 e. The van der Waals surface area contributed by atoms with E-state index in [4.69, 9.17) is 5.73 Å². The Hall–Kier alpha value is -2.03. The van der Waals surface area contributed by atoms with Crippen LogP contribution in [0.25, 0.3) is 0 Å². The fourth-order valence-electron chi connectivity index (χ4n) is 2.51. The molecular weight excluding hydrogens is 246 g/mol. The predicted molar refractivity (Wildman–Crippen MR) is 86.1 cm³/mol. The summed E-state index contributed by atoms with van der Waals surface area (Å²) in [5, 5.41) is 3.44. The Morgan fingerprint density at radius 2 is 1.85 bits per heavy atom. The van der Waals surface area contributed by atoms with Crippen molar-refractivity contribution in [3.05, 3.63) is 53.2 Å². The Morgan fingerprint density at radius 3 is 2.50 bits per heavy atom. The second-order valence-corrected chi connectivity index (χ2v) is 5.99. The van der Waals surface area contributed by atoms with Gasteiger partial charge in [0.25, 0.3) is 0 Å². The molecule has 0 atom stereocenters. The summed E-state index contributed by atoms with van der Waals surface area (Å²) in [7, 11) is 0. The van der Waals surface area contributed by atoms with Gasteiger partial charge in [0.15, 0.2) is 0 Å². The molecule has 2 aromatic rings. The van der Waals surface area contributed by atoms with Crippen LogP contribution in [0.1, 0.15) is 30.5 Å². The lowest BCUT2D eigenvalue weighted by atomic mass is 9.82. The number of aryl methyl sites for hydroxylation is 2. The Bertz CT molecular complexity index is 603. The zero-order valence-corrected chi connectivity index (χ0v) is 12.7. The number of nitrogen functional groups attached to an aromatic ring is 1. The molecule has 0 saturated carbocycles. The molecule has 0 aliphatic rings. The summed E-state index contributed by atoms with van der Waals surface area (Å²) < 4.78 is 0. The van der Waals surface area contributed by atoms with E-state index in [0.717, 1.165) is 17.9 Å². The van der Waals surface area contributed by atoms with Gasteiger partial charge in [0, 0.05) is 12.0 Å². The van der Waals surface area contributed by atoms with Crippen LogP contribution in [0.4, 0.5) is 11.5 Å². The van der Waals surface area contributed by atoms with Gasteiger partial charge in [0.1, 0.15) is 5.82 Å². The number of nitrogens with one attached hydrogen (secondary N) is 1. The number of hydrogen-bond acceptors (Lipinski definition) is 3. The number of benzene rings is 1. The molecule has 1 aromatic heterocycles. The van der Waals surface area contributed by atoms with Crippen LogP contribution in [-0.2, 0) is 5.41 Å². The van der Waals surface area contributed by atoms with E-state index in [1.165, 1.54) is 11.1 Å². The molecule has 106 valence electrons. The third-order valence-electron chi connectivity index (χ3n) is 3.67. The van der Waals surface area contributed by atoms with Gasteiger partial charge in [-0.1, -0.05) is 38.1 Å². The van der Waals surface area contributed by atoms with Crippen molar-refractivity contribution in [2.24, 2.45) is 0 Å². The van der Waals surface area contributed by atoms with Gasteiger partial charge in [-0.25, -0.2) is 4.98 Å². The summed E-state index contributed by atoms with van der Waals surface area (Å²) in [6.45, 7) is 9.50. The van der Waals surface area contributed by atoms with Gasteiger partial charge < -0.3 is 11.1 Å². The fourth-order valence-corrected chi connectivity index (χ4v) is 2.51. The molecule has 2 rings (SSSR count). The molecule has 0 saturated heterocycles. The van der Waals surface area contributed by atoms with Crippen molar-refractivity contribution < 1.29 is 0 Å². The van der Waals surface area contributed by atoms with E-state index in [0.29, 0.717) is 5.69 Å². The molecule has 3 heteroatoms. The topological polar surface area (TPSA) is 50.9 Å². The van der Waals surface area contributed by atoms with E-state index in [-0.39, 0.29) is 5.41 Å². The zero-order valence-electron chi connectivity index (χ0n) is 12.7. The molecule has 0 fully saturated rings. The maximum atomic E-state index is 5.73. The highest BCUT2D eigenvalue weighted by Crippen LogP contribution is 2.27. The van der Waals surface area contributed by atoms with Crippen LogP contribution in [0.5, 0.6) is 0 Å². The maximum absolute atomic E-state index is 5.73. The predicted octanol–water partition coefficient (Wildman–Crippen LogP) is 3.67. The first-order chi connectivity index (χ1) is 9.40. The van der Waals surface area contributed by atoms with Gasteiger partial charge in [-0.05, 0) is 36.6 Å².